The molecule has 21 heavy (non-hydrogen) atoms. The Hall–Kier alpha value is -2.17. The van der Waals surface area contributed by atoms with Crippen LogP contribution in [0.2, 0.25) is 0 Å². The van der Waals surface area contributed by atoms with Crippen molar-refractivity contribution in [2.24, 2.45) is 7.05 Å². The Labute approximate surface area is 124 Å². The van der Waals surface area contributed by atoms with Gasteiger partial charge in [-0.3, -0.25) is 4.79 Å². The molecule has 1 heterocycles. The fourth-order valence-electron chi connectivity index (χ4n) is 2.23. The first-order valence-corrected chi connectivity index (χ1v) is 6.93. The third-order valence-electron chi connectivity index (χ3n) is 3.78. The number of aromatic nitrogens is 2. The van der Waals surface area contributed by atoms with Gasteiger partial charge in [-0.25, -0.2) is 4.68 Å². The quantitative estimate of drug-likeness (QED) is 0.871. The lowest BCUT2D eigenvalue weighted by Crippen LogP contribution is -2.27. The zero-order valence-electron chi connectivity index (χ0n) is 13.1. The van der Waals surface area contributed by atoms with E-state index in [4.69, 9.17) is 0 Å². The molecule has 0 fully saturated rings. The number of amides is 1. The molecule has 0 atom stereocenters. The van der Waals surface area contributed by atoms with E-state index in [-0.39, 0.29) is 11.5 Å². The monoisotopic (exact) mass is 289 g/mol. The van der Waals surface area contributed by atoms with Crippen LogP contribution in [0, 0.1) is 19.8 Å². The van der Waals surface area contributed by atoms with Gasteiger partial charge in [-0.2, -0.15) is 9.49 Å². The Kier molecular flexibility index (Phi) is 4.11. The number of aryl methyl sites for hydroxylation is 4. The lowest BCUT2D eigenvalue weighted by Gasteiger charge is -2.18. The van der Waals surface area contributed by atoms with Crippen molar-refractivity contribution in [3.63, 3.8) is 0 Å². The third kappa shape index (κ3) is 2.68. The van der Waals surface area contributed by atoms with E-state index in [0.29, 0.717) is 12.1 Å². The number of benzene rings is 1. The summed E-state index contributed by atoms with van der Waals surface area (Å²) in [7, 11) is 3.15. The van der Waals surface area contributed by atoms with Crippen LogP contribution in [0.3, 0.4) is 0 Å². The van der Waals surface area contributed by atoms with Crippen molar-refractivity contribution in [3.8, 4) is 0 Å². The van der Waals surface area contributed by atoms with E-state index >= 15 is 0 Å². The Morgan fingerprint density at radius 1 is 1.33 bits per heavy atom. The van der Waals surface area contributed by atoms with E-state index in [1.807, 2.05) is 39.0 Å². The molecule has 2 aromatic rings. The zero-order valence-corrected chi connectivity index (χ0v) is 13.1. The first-order valence-electron chi connectivity index (χ1n) is 6.93. The second kappa shape index (κ2) is 5.68. The molecule has 5 heteroatoms. The topological polar surface area (TPSA) is 38.1 Å². The number of anilines is 1. The molecule has 0 aliphatic carbocycles. The molecule has 0 aliphatic rings. The Balaban J connectivity index is 2.41. The summed E-state index contributed by atoms with van der Waals surface area (Å²) in [4.78, 5) is 14.1. The summed E-state index contributed by atoms with van der Waals surface area (Å²) in [5.41, 5.74) is 3.53. The van der Waals surface area contributed by atoms with Crippen molar-refractivity contribution in [3.05, 3.63) is 46.5 Å². The van der Waals surface area contributed by atoms with Gasteiger partial charge < -0.3 is 4.90 Å². The highest BCUT2D eigenvalue weighted by molar-refractivity contribution is 6.06. The summed E-state index contributed by atoms with van der Waals surface area (Å²) < 4.78 is 15.2. The van der Waals surface area contributed by atoms with Gasteiger partial charge in [0.2, 0.25) is 5.95 Å². The average Bonchev–Trinajstić information content (AvgIpc) is 2.75. The summed E-state index contributed by atoms with van der Waals surface area (Å²) >= 11 is 0. The smallest absolute Gasteiger partial charge is 0.264 e. The van der Waals surface area contributed by atoms with E-state index in [1.165, 1.54) is 11.9 Å². The number of carbonyl (C=O) groups is 1. The minimum absolute atomic E-state index is 0.0562. The summed E-state index contributed by atoms with van der Waals surface area (Å²) in [5.74, 6) is -0.965. The molecule has 2 rings (SSSR count). The van der Waals surface area contributed by atoms with Gasteiger partial charge in [0.25, 0.3) is 5.91 Å². The van der Waals surface area contributed by atoms with Gasteiger partial charge in [-0.1, -0.05) is 13.0 Å². The minimum atomic E-state index is -0.590. The lowest BCUT2D eigenvalue weighted by molar-refractivity contribution is 0.0987. The molecular weight excluding hydrogens is 269 g/mol. The van der Waals surface area contributed by atoms with Crippen LogP contribution in [0.1, 0.15) is 34.1 Å². The highest BCUT2D eigenvalue weighted by atomic mass is 19.1. The van der Waals surface area contributed by atoms with Crippen molar-refractivity contribution in [1.82, 2.24) is 9.78 Å². The van der Waals surface area contributed by atoms with Gasteiger partial charge in [0, 0.05) is 19.8 Å². The molecule has 0 saturated heterocycles. The molecular formula is C16H20FN3O. The molecule has 0 spiro atoms. The fourth-order valence-corrected chi connectivity index (χ4v) is 2.23. The average molecular weight is 289 g/mol. The first-order chi connectivity index (χ1) is 9.86. The highest BCUT2D eigenvalue weighted by Gasteiger charge is 2.25. The summed E-state index contributed by atoms with van der Waals surface area (Å²) in [5, 5.41) is 4.05. The molecule has 112 valence electrons. The van der Waals surface area contributed by atoms with Gasteiger partial charge in [0.1, 0.15) is 5.56 Å². The van der Waals surface area contributed by atoms with Crippen molar-refractivity contribution in [2.45, 2.75) is 27.2 Å². The van der Waals surface area contributed by atoms with Crippen LogP contribution in [0.15, 0.2) is 18.2 Å². The molecule has 0 aliphatic heterocycles. The van der Waals surface area contributed by atoms with Gasteiger partial charge >= 0.3 is 0 Å². The van der Waals surface area contributed by atoms with Gasteiger partial charge in [0.05, 0.1) is 5.69 Å². The predicted octanol–water partition coefficient (Wildman–Crippen LogP) is 3.02. The molecule has 0 radical (unpaired) electrons. The molecule has 1 amide bonds. The highest BCUT2D eigenvalue weighted by Crippen LogP contribution is 2.22. The first kappa shape index (κ1) is 15.2. The number of halogens is 1. The SMILES string of the molecule is CCc1nn(C)c(F)c1C(=O)N(C)c1ccc(C)c(C)c1. The van der Waals surface area contributed by atoms with E-state index < -0.39 is 5.95 Å². The van der Waals surface area contributed by atoms with Crippen LogP contribution >= 0.6 is 0 Å². The number of nitrogens with zero attached hydrogens (tertiary/aromatic N) is 3. The summed E-state index contributed by atoms with van der Waals surface area (Å²) in [6, 6.07) is 5.74. The van der Waals surface area contributed by atoms with Crippen molar-refractivity contribution < 1.29 is 9.18 Å². The maximum atomic E-state index is 14.1. The minimum Gasteiger partial charge on any atom is -0.311 e. The van der Waals surface area contributed by atoms with E-state index in [0.717, 1.165) is 21.5 Å². The maximum Gasteiger partial charge on any atom is 0.264 e. The van der Waals surface area contributed by atoms with Crippen LogP contribution < -0.4 is 4.90 Å². The summed E-state index contributed by atoms with van der Waals surface area (Å²) in [6.45, 7) is 5.85. The normalized spacial score (nSPS) is 10.8. The number of hydrogen-bond acceptors (Lipinski definition) is 2. The standard InChI is InChI=1S/C16H20FN3O/c1-6-13-14(15(17)20(5)18-13)16(21)19(4)12-8-7-10(2)11(3)9-12/h7-9H,6H2,1-5H3. The maximum absolute atomic E-state index is 14.1. The van der Waals surface area contributed by atoms with Crippen LogP contribution in [-0.2, 0) is 13.5 Å². The molecule has 0 bridgehead atoms. The Morgan fingerprint density at radius 2 is 2.00 bits per heavy atom. The Bertz CT molecular complexity index is 691. The molecule has 0 saturated carbocycles. The molecule has 1 aromatic heterocycles. The van der Waals surface area contributed by atoms with Crippen molar-refractivity contribution >= 4 is 11.6 Å². The number of carbonyl (C=O) groups excluding carboxylic acids is 1. The number of hydrogen-bond donors (Lipinski definition) is 0. The van der Waals surface area contributed by atoms with Crippen LogP contribution in [-0.4, -0.2) is 22.7 Å². The van der Waals surface area contributed by atoms with Crippen molar-refractivity contribution in [1.29, 1.82) is 0 Å². The van der Waals surface area contributed by atoms with E-state index in [9.17, 15) is 9.18 Å². The molecule has 1 aromatic carbocycles. The molecule has 0 unspecified atom stereocenters. The number of rotatable bonds is 3. The van der Waals surface area contributed by atoms with E-state index in [1.54, 1.807) is 7.05 Å². The zero-order chi connectivity index (χ0) is 15.7. The van der Waals surface area contributed by atoms with E-state index in [2.05, 4.69) is 5.10 Å². The van der Waals surface area contributed by atoms with Crippen LogP contribution in [0.5, 0.6) is 0 Å². The van der Waals surface area contributed by atoms with Crippen molar-refractivity contribution in [2.75, 3.05) is 11.9 Å². The second-order valence-electron chi connectivity index (χ2n) is 5.22. The van der Waals surface area contributed by atoms with Crippen LogP contribution in [0.4, 0.5) is 10.1 Å². The van der Waals surface area contributed by atoms with Gasteiger partial charge in [0.15, 0.2) is 0 Å². The lowest BCUT2D eigenvalue weighted by atomic mass is 10.1. The summed E-state index contributed by atoms with van der Waals surface area (Å²) in [6.07, 6.45) is 0.513. The largest absolute Gasteiger partial charge is 0.311 e. The van der Waals surface area contributed by atoms with Gasteiger partial charge in [-0.15, -0.1) is 0 Å². The second-order valence-corrected chi connectivity index (χ2v) is 5.22. The molecule has 4 nitrogen and oxygen atoms in total. The fraction of sp³-hybridized carbons (Fsp3) is 0.375. The van der Waals surface area contributed by atoms with Gasteiger partial charge in [-0.05, 0) is 43.5 Å². The Morgan fingerprint density at radius 3 is 2.57 bits per heavy atom. The molecule has 0 N–H and O–H groups in total. The van der Waals surface area contributed by atoms with Crippen LogP contribution in [0.25, 0.3) is 0 Å². The third-order valence-corrected chi connectivity index (χ3v) is 3.78. The predicted molar refractivity (Wildman–Crippen MR) is 81.2 cm³/mol.